The largest absolute Gasteiger partial charge is 0.347 e. The number of nitrogens with one attached hydrogen (secondary N) is 3. The van der Waals surface area contributed by atoms with Crippen molar-refractivity contribution in [3.8, 4) is 0 Å². The molecule has 0 fully saturated rings. The zero-order valence-electron chi connectivity index (χ0n) is 9.58. The number of imidazole rings is 1. The summed E-state index contributed by atoms with van der Waals surface area (Å²) in [6.45, 7) is 1.99. The summed E-state index contributed by atoms with van der Waals surface area (Å²) < 4.78 is 0.685. The molecule has 2 rings (SSSR count). The number of amides is 1. The number of aromatic amines is 2. The van der Waals surface area contributed by atoms with Crippen molar-refractivity contribution in [1.29, 1.82) is 0 Å². The third kappa shape index (κ3) is 2.67. The van der Waals surface area contributed by atoms with Crippen LogP contribution < -0.4 is 10.9 Å². The van der Waals surface area contributed by atoms with Crippen molar-refractivity contribution in [3.63, 3.8) is 0 Å². The number of pyridine rings is 1. The first kappa shape index (κ1) is 12.6. The molecule has 0 aliphatic carbocycles. The van der Waals surface area contributed by atoms with Gasteiger partial charge in [0.2, 0.25) is 0 Å². The van der Waals surface area contributed by atoms with Gasteiger partial charge in [0.05, 0.1) is 6.54 Å². The van der Waals surface area contributed by atoms with Crippen LogP contribution in [-0.4, -0.2) is 20.9 Å². The van der Waals surface area contributed by atoms with Crippen LogP contribution in [0.2, 0.25) is 0 Å². The third-order valence-electron chi connectivity index (χ3n) is 2.39. The van der Waals surface area contributed by atoms with Gasteiger partial charge in [-0.2, -0.15) is 0 Å². The Bertz CT molecular complexity index is 618. The van der Waals surface area contributed by atoms with E-state index in [4.69, 9.17) is 0 Å². The average Bonchev–Trinajstić information content (AvgIpc) is 2.84. The first-order valence-electron chi connectivity index (χ1n) is 5.24. The van der Waals surface area contributed by atoms with Gasteiger partial charge in [-0.1, -0.05) is 0 Å². The van der Waals surface area contributed by atoms with Crippen LogP contribution in [0.25, 0.3) is 0 Å². The van der Waals surface area contributed by atoms with Crippen molar-refractivity contribution in [1.82, 2.24) is 20.3 Å². The van der Waals surface area contributed by atoms with Gasteiger partial charge in [-0.15, -0.1) is 0 Å². The molecule has 0 unspecified atom stereocenters. The highest BCUT2D eigenvalue weighted by Gasteiger charge is 2.12. The van der Waals surface area contributed by atoms with Gasteiger partial charge in [0.1, 0.15) is 11.4 Å². The SMILES string of the molecule is Cc1[nH]c(=O)c(C(=O)NCc2ncc[nH]2)cc1Br. The van der Waals surface area contributed by atoms with Crippen LogP contribution >= 0.6 is 15.9 Å². The van der Waals surface area contributed by atoms with Crippen LogP contribution in [0.15, 0.2) is 27.7 Å². The molecule has 2 aromatic rings. The molecule has 0 spiro atoms. The number of carbonyl (C=O) groups excluding carboxylic acids is 1. The summed E-state index contributed by atoms with van der Waals surface area (Å²) in [6, 6.07) is 1.51. The summed E-state index contributed by atoms with van der Waals surface area (Å²) in [4.78, 5) is 32.9. The van der Waals surface area contributed by atoms with E-state index in [2.05, 4.69) is 36.2 Å². The lowest BCUT2D eigenvalue weighted by molar-refractivity contribution is 0.0948. The summed E-state index contributed by atoms with van der Waals surface area (Å²) >= 11 is 3.27. The topological polar surface area (TPSA) is 90.6 Å². The molecule has 0 saturated heterocycles. The van der Waals surface area contributed by atoms with Crippen molar-refractivity contribution >= 4 is 21.8 Å². The Kier molecular flexibility index (Phi) is 3.61. The Morgan fingerprint density at radius 3 is 3.00 bits per heavy atom. The minimum absolute atomic E-state index is 0.0685. The minimum atomic E-state index is -0.437. The Hall–Kier alpha value is -1.89. The zero-order chi connectivity index (χ0) is 13.1. The highest BCUT2D eigenvalue weighted by atomic mass is 79.9. The Balaban J connectivity index is 2.14. The first-order valence-corrected chi connectivity index (χ1v) is 6.03. The molecule has 94 valence electrons. The number of halogens is 1. The molecule has 0 atom stereocenters. The Morgan fingerprint density at radius 1 is 1.56 bits per heavy atom. The van der Waals surface area contributed by atoms with Gasteiger partial charge in [0, 0.05) is 22.6 Å². The summed E-state index contributed by atoms with van der Waals surface area (Å²) in [5, 5.41) is 2.62. The van der Waals surface area contributed by atoms with Crippen molar-refractivity contribution < 1.29 is 4.79 Å². The number of hydrogen-bond donors (Lipinski definition) is 3. The second-order valence-corrected chi connectivity index (χ2v) is 4.56. The average molecular weight is 311 g/mol. The van der Waals surface area contributed by atoms with Crippen LogP contribution in [0.4, 0.5) is 0 Å². The summed E-state index contributed by atoms with van der Waals surface area (Å²) in [7, 11) is 0. The molecule has 3 N–H and O–H groups in total. The zero-order valence-corrected chi connectivity index (χ0v) is 11.2. The van der Waals surface area contributed by atoms with Crippen molar-refractivity contribution in [2.75, 3.05) is 0 Å². The first-order chi connectivity index (χ1) is 8.58. The van der Waals surface area contributed by atoms with Crippen LogP contribution in [0, 0.1) is 6.92 Å². The van der Waals surface area contributed by atoms with E-state index in [9.17, 15) is 9.59 Å². The minimum Gasteiger partial charge on any atom is -0.347 e. The third-order valence-corrected chi connectivity index (χ3v) is 3.21. The molecule has 0 saturated carbocycles. The molecule has 0 aliphatic heterocycles. The summed E-state index contributed by atoms with van der Waals surface area (Å²) in [5.74, 6) is 0.194. The molecule has 0 radical (unpaired) electrons. The van der Waals surface area contributed by atoms with Gasteiger partial charge >= 0.3 is 0 Å². The Morgan fingerprint density at radius 2 is 2.33 bits per heavy atom. The second-order valence-electron chi connectivity index (χ2n) is 3.70. The number of nitrogens with zero attached hydrogens (tertiary/aromatic N) is 1. The van der Waals surface area contributed by atoms with E-state index in [1.165, 1.54) is 6.07 Å². The predicted octanol–water partition coefficient (Wildman–Crippen LogP) is 1.10. The monoisotopic (exact) mass is 310 g/mol. The quantitative estimate of drug-likeness (QED) is 0.793. The fourth-order valence-electron chi connectivity index (χ4n) is 1.42. The molecule has 0 aliphatic rings. The van der Waals surface area contributed by atoms with E-state index in [0.29, 0.717) is 16.0 Å². The number of H-pyrrole nitrogens is 2. The van der Waals surface area contributed by atoms with Crippen molar-refractivity contribution in [3.05, 3.63) is 50.4 Å². The Labute approximate surface area is 111 Å². The molecular weight excluding hydrogens is 300 g/mol. The smallest absolute Gasteiger partial charge is 0.261 e. The predicted molar refractivity (Wildman–Crippen MR) is 69.3 cm³/mol. The van der Waals surface area contributed by atoms with Crippen LogP contribution in [0.1, 0.15) is 21.9 Å². The molecule has 6 nitrogen and oxygen atoms in total. The van der Waals surface area contributed by atoms with Crippen LogP contribution in [0.5, 0.6) is 0 Å². The highest BCUT2D eigenvalue weighted by Crippen LogP contribution is 2.12. The molecule has 1 amide bonds. The number of hydrogen-bond acceptors (Lipinski definition) is 3. The number of rotatable bonds is 3. The molecule has 2 heterocycles. The molecular formula is C11H11BrN4O2. The highest BCUT2D eigenvalue weighted by molar-refractivity contribution is 9.10. The van der Waals surface area contributed by atoms with Gasteiger partial charge in [0.15, 0.2) is 0 Å². The van der Waals surface area contributed by atoms with E-state index in [-0.39, 0.29) is 12.1 Å². The van der Waals surface area contributed by atoms with Crippen LogP contribution in [-0.2, 0) is 6.54 Å². The molecule has 2 aromatic heterocycles. The van der Waals surface area contributed by atoms with E-state index >= 15 is 0 Å². The number of aromatic nitrogens is 3. The maximum Gasteiger partial charge on any atom is 0.261 e. The fraction of sp³-hybridized carbons (Fsp3) is 0.182. The standard InChI is InChI=1S/C11H11BrN4O2/c1-6-8(12)4-7(11(18)16-6)10(17)15-5-9-13-2-3-14-9/h2-4H,5H2,1H3,(H,13,14)(H,15,17)(H,16,18). The maximum atomic E-state index is 11.8. The van der Waals surface area contributed by atoms with E-state index in [0.717, 1.165) is 0 Å². The van der Waals surface area contributed by atoms with Gasteiger partial charge in [-0.25, -0.2) is 4.98 Å². The summed E-state index contributed by atoms with van der Waals surface area (Å²) in [6.07, 6.45) is 3.26. The normalized spacial score (nSPS) is 10.3. The van der Waals surface area contributed by atoms with Gasteiger partial charge < -0.3 is 15.3 Å². The van der Waals surface area contributed by atoms with Crippen molar-refractivity contribution in [2.24, 2.45) is 0 Å². The number of aryl methyl sites for hydroxylation is 1. The van der Waals surface area contributed by atoms with E-state index in [1.54, 1.807) is 19.3 Å². The maximum absolute atomic E-state index is 11.8. The summed E-state index contributed by atoms with van der Waals surface area (Å²) in [5.41, 5.74) is 0.342. The molecule has 0 aromatic carbocycles. The number of carbonyl (C=O) groups is 1. The van der Waals surface area contributed by atoms with Gasteiger partial charge in [-0.3, -0.25) is 9.59 Å². The molecule has 0 bridgehead atoms. The van der Waals surface area contributed by atoms with Crippen LogP contribution in [0.3, 0.4) is 0 Å². The lowest BCUT2D eigenvalue weighted by atomic mass is 10.2. The van der Waals surface area contributed by atoms with Gasteiger partial charge in [-0.05, 0) is 28.9 Å². The van der Waals surface area contributed by atoms with E-state index in [1.807, 2.05) is 0 Å². The lowest BCUT2D eigenvalue weighted by Crippen LogP contribution is -2.29. The molecule has 18 heavy (non-hydrogen) atoms. The van der Waals surface area contributed by atoms with Crippen molar-refractivity contribution in [2.45, 2.75) is 13.5 Å². The lowest BCUT2D eigenvalue weighted by Gasteiger charge is -2.04. The molecule has 7 heteroatoms. The van der Waals surface area contributed by atoms with Gasteiger partial charge in [0.25, 0.3) is 11.5 Å². The fourth-order valence-corrected chi connectivity index (χ4v) is 1.75. The van der Waals surface area contributed by atoms with E-state index < -0.39 is 11.5 Å². The second kappa shape index (κ2) is 5.18.